The van der Waals surface area contributed by atoms with Gasteiger partial charge in [0.2, 0.25) is 0 Å². The summed E-state index contributed by atoms with van der Waals surface area (Å²) in [5.41, 5.74) is 0. The number of unbranched alkanes of at least 4 members (excludes halogenated alkanes) is 1. The van der Waals surface area contributed by atoms with Crippen LogP contribution in [0, 0.1) is 0 Å². The third kappa shape index (κ3) is 4.13. The van der Waals surface area contributed by atoms with Crippen LogP contribution in [0.3, 0.4) is 0 Å². The molecule has 5 heteroatoms. The molecule has 1 saturated heterocycles. The molecule has 2 amide bonds. The van der Waals surface area contributed by atoms with Gasteiger partial charge in [-0.25, -0.2) is 4.79 Å². The average Bonchev–Trinajstić information content (AvgIpc) is 2.99. The predicted octanol–water partition coefficient (Wildman–Crippen LogP) is 3.16. The van der Waals surface area contributed by atoms with E-state index in [0.29, 0.717) is 6.04 Å². The van der Waals surface area contributed by atoms with Crippen molar-refractivity contribution >= 4 is 22.4 Å². The molecule has 0 aromatic carbocycles. The van der Waals surface area contributed by atoms with Crippen molar-refractivity contribution in [3.8, 4) is 0 Å². The van der Waals surface area contributed by atoms with E-state index in [2.05, 4.69) is 34.7 Å². The highest BCUT2D eigenvalue weighted by Gasteiger charge is 2.22. The van der Waals surface area contributed by atoms with E-state index < -0.39 is 0 Å². The lowest BCUT2D eigenvalue weighted by molar-refractivity contribution is 0.201. The van der Waals surface area contributed by atoms with Crippen LogP contribution in [0.1, 0.15) is 32.6 Å². The number of hydrogen-bond donors (Lipinski definition) is 1. The molecule has 20 heavy (non-hydrogen) atoms. The topological polar surface area (TPSA) is 35.6 Å². The molecule has 0 saturated carbocycles. The Kier molecular flexibility index (Phi) is 5.71. The molecule has 1 fully saturated rings. The van der Waals surface area contributed by atoms with Gasteiger partial charge >= 0.3 is 6.03 Å². The Balaban J connectivity index is 1.72. The van der Waals surface area contributed by atoms with E-state index in [0.717, 1.165) is 45.3 Å². The molecule has 4 nitrogen and oxygen atoms in total. The van der Waals surface area contributed by atoms with Gasteiger partial charge in [-0.1, -0.05) is 13.3 Å². The predicted molar refractivity (Wildman–Crippen MR) is 85.6 cm³/mol. The molecule has 1 aromatic rings. The fourth-order valence-electron chi connectivity index (χ4n) is 2.48. The minimum absolute atomic E-state index is 0.0769. The van der Waals surface area contributed by atoms with Crippen LogP contribution in [0.2, 0.25) is 0 Å². The number of urea groups is 1. The first-order valence-electron chi connectivity index (χ1n) is 7.50. The molecular formula is C15H25N3OS. The molecule has 0 spiro atoms. The van der Waals surface area contributed by atoms with Gasteiger partial charge in [0.25, 0.3) is 0 Å². The van der Waals surface area contributed by atoms with Crippen LogP contribution in [-0.4, -0.2) is 43.7 Å². The molecule has 1 aromatic heterocycles. The highest BCUT2D eigenvalue weighted by atomic mass is 32.1. The first-order valence-corrected chi connectivity index (χ1v) is 8.38. The van der Waals surface area contributed by atoms with Crippen LogP contribution in [0.25, 0.3) is 0 Å². The summed E-state index contributed by atoms with van der Waals surface area (Å²) in [5, 5.41) is 6.62. The Morgan fingerprint density at radius 1 is 1.50 bits per heavy atom. The zero-order chi connectivity index (χ0) is 14.4. The Bertz CT molecular complexity index is 399. The second kappa shape index (κ2) is 7.53. The zero-order valence-corrected chi connectivity index (χ0v) is 13.3. The van der Waals surface area contributed by atoms with Crippen LogP contribution < -0.4 is 10.2 Å². The van der Waals surface area contributed by atoms with Crippen molar-refractivity contribution in [2.24, 2.45) is 0 Å². The Morgan fingerprint density at radius 3 is 2.85 bits per heavy atom. The molecule has 2 rings (SSSR count). The van der Waals surface area contributed by atoms with Crippen molar-refractivity contribution in [2.75, 3.05) is 31.6 Å². The number of anilines is 1. The molecule has 1 aliphatic rings. The SMILES string of the molecule is CCCCN(C)C(=O)NC1CCN(c2cccs2)CC1. The zero-order valence-electron chi connectivity index (χ0n) is 12.5. The molecule has 0 radical (unpaired) electrons. The number of amides is 2. The number of carbonyl (C=O) groups is 1. The summed E-state index contributed by atoms with van der Waals surface area (Å²) in [5.74, 6) is 0. The average molecular weight is 295 g/mol. The maximum Gasteiger partial charge on any atom is 0.317 e. The standard InChI is InChI=1S/C15H25N3OS/c1-3-4-9-17(2)15(19)16-13-7-10-18(11-8-13)14-6-5-12-20-14/h5-6,12-13H,3-4,7-11H2,1-2H3,(H,16,19). The highest BCUT2D eigenvalue weighted by Crippen LogP contribution is 2.24. The lowest BCUT2D eigenvalue weighted by atomic mass is 10.1. The van der Waals surface area contributed by atoms with Crippen molar-refractivity contribution in [1.29, 1.82) is 0 Å². The molecule has 0 unspecified atom stereocenters. The number of nitrogens with zero attached hydrogens (tertiary/aromatic N) is 2. The van der Waals surface area contributed by atoms with E-state index in [4.69, 9.17) is 0 Å². The van der Waals surface area contributed by atoms with Crippen molar-refractivity contribution in [1.82, 2.24) is 10.2 Å². The van der Waals surface area contributed by atoms with Gasteiger partial charge in [0.05, 0.1) is 5.00 Å². The molecule has 0 atom stereocenters. The lowest BCUT2D eigenvalue weighted by Crippen LogP contribution is -2.48. The second-order valence-corrected chi connectivity index (χ2v) is 6.36. The summed E-state index contributed by atoms with van der Waals surface area (Å²) in [4.78, 5) is 16.2. The Hall–Kier alpha value is -1.23. The summed E-state index contributed by atoms with van der Waals surface area (Å²) in [6, 6.07) is 4.66. The van der Waals surface area contributed by atoms with E-state index >= 15 is 0 Å². The van der Waals surface area contributed by atoms with Gasteiger partial charge in [-0.05, 0) is 36.8 Å². The first-order chi connectivity index (χ1) is 9.70. The minimum Gasteiger partial charge on any atom is -0.363 e. The van der Waals surface area contributed by atoms with Crippen molar-refractivity contribution in [2.45, 2.75) is 38.6 Å². The number of piperidine rings is 1. The largest absolute Gasteiger partial charge is 0.363 e. The minimum atomic E-state index is 0.0769. The quantitative estimate of drug-likeness (QED) is 0.905. The molecule has 0 aliphatic carbocycles. The van der Waals surface area contributed by atoms with Gasteiger partial charge in [0.15, 0.2) is 0 Å². The van der Waals surface area contributed by atoms with Gasteiger partial charge in [-0.2, -0.15) is 0 Å². The molecule has 1 aliphatic heterocycles. The van der Waals surface area contributed by atoms with E-state index in [1.807, 2.05) is 7.05 Å². The van der Waals surface area contributed by atoms with Crippen molar-refractivity contribution in [3.63, 3.8) is 0 Å². The summed E-state index contributed by atoms with van der Waals surface area (Å²) < 4.78 is 0. The van der Waals surface area contributed by atoms with E-state index in [1.54, 1.807) is 16.2 Å². The van der Waals surface area contributed by atoms with E-state index in [1.165, 1.54) is 5.00 Å². The normalized spacial score (nSPS) is 16.2. The van der Waals surface area contributed by atoms with Gasteiger partial charge in [-0.15, -0.1) is 11.3 Å². The monoisotopic (exact) mass is 295 g/mol. The van der Waals surface area contributed by atoms with Crippen LogP contribution in [0.4, 0.5) is 9.80 Å². The fraction of sp³-hybridized carbons (Fsp3) is 0.667. The number of hydrogen-bond acceptors (Lipinski definition) is 3. The highest BCUT2D eigenvalue weighted by molar-refractivity contribution is 7.14. The number of nitrogens with one attached hydrogen (secondary N) is 1. The summed E-state index contributed by atoms with van der Waals surface area (Å²) in [6.45, 7) is 5.05. The van der Waals surface area contributed by atoms with Crippen LogP contribution in [0.5, 0.6) is 0 Å². The summed E-state index contributed by atoms with van der Waals surface area (Å²) in [6.07, 6.45) is 4.26. The first kappa shape index (κ1) is 15.2. The second-order valence-electron chi connectivity index (χ2n) is 5.44. The van der Waals surface area contributed by atoms with Gasteiger partial charge in [0, 0.05) is 32.7 Å². The Labute approximate surface area is 125 Å². The maximum absolute atomic E-state index is 12.0. The van der Waals surface area contributed by atoms with Crippen molar-refractivity contribution in [3.05, 3.63) is 17.5 Å². The smallest absolute Gasteiger partial charge is 0.317 e. The molecule has 0 bridgehead atoms. The number of thiophene rings is 1. The lowest BCUT2D eigenvalue weighted by Gasteiger charge is -2.33. The Morgan fingerprint density at radius 2 is 2.25 bits per heavy atom. The molecule has 2 heterocycles. The van der Waals surface area contributed by atoms with Gasteiger partial charge in [-0.3, -0.25) is 0 Å². The molecule has 1 N–H and O–H groups in total. The maximum atomic E-state index is 12.0. The number of rotatable bonds is 5. The molecular weight excluding hydrogens is 270 g/mol. The van der Waals surface area contributed by atoms with Crippen LogP contribution >= 0.6 is 11.3 Å². The van der Waals surface area contributed by atoms with E-state index in [-0.39, 0.29) is 6.03 Å². The third-order valence-electron chi connectivity index (χ3n) is 3.83. The van der Waals surface area contributed by atoms with Crippen LogP contribution in [0.15, 0.2) is 17.5 Å². The third-order valence-corrected chi connectivity index (χ3v) is 4.76. The number of carbonyl (C=O) groups excluding carboxylic acids is 1. The van der Waals surface area contributed by atoms with Gasteiger partial charge in [0.1, 0.15) is 0 Å². The summed E-state index contributed by atoms with van der Waals surface area (Å²) in [7, 11) is 1.88. The van der Waals surface area contributed by atoms with Crippen LogP contribution in [-0.2, 0) is 0 Å². The van der Waals surface area contributed by atoms with Gasteiger partial charge < -0.3 is 15.1 Å². The van der Waals surface area contributed by atoms with Crippen molar-refractivity contribution < 1.29 is 4.79 Å². The van der Waals surface area contributed by atoms with E-state index in [9.17, 15) is 4.79 Å². The molecule has 112 valence electrons. The fourth-order valence-corrected chi connectivity index (χ4v) is 3.26. The summed E-state index contributed by atoms with van der Waals surface area (Å²) >= 11 is 1.79.